The van der Waals surface area contributed by atoms with Crippen molar-refractivity contribution in [2.75, 3.05) is 0 Å². The number of amides is 1. The van der Waals surface area contributed by atoms with Crippen LogP contribution in [0.5, 0.6) is 0 Å². The quantitative estimate of drug-likeness (QED) is 0.938. The zero-order valence-electron chi connectivity index (χ0n) is 12.0. The maximum absolute atomic E-state index is 12.2. The van der Waals surface area contributed by atoms with Crippen molar-refractivity contribution in [3.8, 4) is 0 Å². The predicted molar refractivity (Wildman–Crippen MR) is 83.9 cm³/mol. The molecule has 1 N–H and O–H groups in total. The number of nitrogens with one attached hydrogen (secondary N) is 1. The van der Waals surface area contributed by atoms with Gasteiger partial charge < -0.3 is 5.32 Å². The number of aromatic nitrogens is 2. The molecule has 0 atom stereocenters. The van der Waals surface area contributed by atoms with Gasteiger partial charge in [-0.15, -0.1) is 0 Å². The Balaban J connectivity index is 2.14. The Morgan fingerprint density at radius 2 is 1.86 bits per heavy atom. The van der Waals surface area contributed by atoms with Crippen molar-refractivity contribution < 1.29 is 4.79 Å². The lowest BCUT2D eigenvalue weighted by molar-refractivity contribution is 0.0950. The van der Waals surface area contributed by atoms with Gasteiger partial charge in [-0.2, -0.15) is 0 Å². The van der Waals surface area contributed by atoms with Crippen LogP contribution >= 0.6 is 23.2 Å². The maximum atomic E-state index is 12.2. The lowest BCUT2D eigenvalue weighted by Gasteiger charge is -2.09. The fourth-order valence-corrected chi connectivity index (χ4v) is 2.43. The normalized spacial score (nSPS) is 10.5. The summed E-state index contributed by atoms with van der Waals surface area (Å²) in [7, 11) is 0. The monoisotopic (exact) mass is 323 g/mol. The van der Waals surface area contributed by atoms with Gasteiger partial charge in [-0.05, 0) is 38.5 Å². The molecule has 0 saturated carbocycles. The van der Waals surface area contributed by atoms with Crippen molar-refractivity contribution in [1.82, 2.24) is 15.3 Å². The van der Waals surface area contributed by atoms with Gasteiger partial charge in [-0.3, -0.25) is 4.79 Å². The van der Waals surface area contributed by atoms with Crippen LogP contribution in [0.15, 0.2) is 18.2 Å². The summed E-state index contributed by atoms with van der Waals surface area (Å²) in [4.78, 5) is 20.6. The molecule has 2 aromatic rings. The second-order valence-corrected chi connectivity index (χ2v) is 5.54. The summed E-state index contributed by atoms with van der Waals surface area (Å²) in [5.74, 6) is 0.395. The highest BCUT2D eigenvalue weighted by atomic mass is 35.5. The third kappa shape index (κ3) is 3.71. The summed E-state index contributed by atoms with van der Waals surface area (Å²) >= 11 is 12.2. The van der Waals surface area contributed by atoms with Crippen LogP contribution in [0.25, 0.3) is 0 Å². The van der Waals surface area contributed by atoms with E-state index < -0.39 is 0 Å². The first kappa shape index (κ1) is 15.7. The summed E-state index contributed by atoms with van der Waals surface area (Å²) in [5, 5.41) is 3.45. The lowest BCUT2D eigenvalue weighted by atomic mass is 10.1. The Kier molecular flexibility index (Phi) is 4.80. The smallest absolute Gasteiger partial charge is 0.253 e. The third-order valence-electron chi connectivity index (χ3n) is 2.97. The van der Waals surface area contributed by atoms with Gasteiger partial charge in [-0.25, -0.2) is 9.97 Å². The van der Waals surface area contributed by atoms with Crippen LogP contribution in [0.3, 0.4) is 0 Å². The first-order valence-corrected chi connectivity index (χ1v) is 7.18. The molecule has 1 aromatic carbocycles. The molecule has 1 heterocycles. The number of hydrogen-bond acceptors (Lipinski definition) is 3. The summed E-state index contributed by atoms with van der Waals surface area (Å²) in [6.45, 7) is 5.85. The maximum Gasteiger partial charge on any atom is 0.253 e. The number of hydrogen-bond donors (Lipinski definition) is 1. The van der Waals surface area contributed by atoms with Gasteiger partial charge in [0.1, 0.15) is 5.82 Å². The Morgan fingerprint density at radius 1 is 1.14 bits per heavy atom. The van der Waals surface area contributed by atoms with E-state index in [4.69, 9.17) is 23.2 Å². The zero-order chi connectivity index (χ0) is 15.6. The van der Waals surface area contributed by atoms with Gasteiger partial charge in [0, 0.05) is 5.69 Å². The molecule has 21 heavy (non-hydrogen) atoms. The Labute approximate surface area is 133 Å². The molecule has 6 heteroatoms. The molecule has 1 amide bonds. The van der Waals surface area contributed by atoms with Gasteiger partial charge in [0.2, 0.25) is 0 Å². The number of benzene rings is 1. The molecule has 0 fully saturated rings. The first-order chi connectivity index (χ1) is 9.88. The van der Waals surface area contributed by atoms with Crippen molar-refractivity contribution in [3.63, 3.8) is 0 Å². The van der Waals surface area contributed by atoms with Gasteiger partial charge in [0.15, 0.2) is 0 Å². The molecule has 110 valence electrons. The van der Waals surface area contributed by atoms with E-state index in [-0.39, 0.29) is 10.9 Å². The molecule has 1 aromatic heterocycles. The highest BCUT2D eigenvalue weighted by molar-refractivity contribution is 6.44. The first-order valence-electron chi connectivity index (χ1n) is 6.42. The second-order valence-electron chi connectivity index (χ2n) is 4.79. The van der Waals surface area contributed by atoms with Crippen molar-refractivity contribution in [2.24, 2.45) is 0 Å². The number of rotatable bonds is 3. The molecule has 0 aliphatic carbocycles. The highest BCUT2D eigenvalue weighted by Gasteiger charge is 2.14. The molecule has 0 radical (unpaired) electrons. The van der Waals surface area contributed by atoms with E-state index in [1.165, 1.54) is 0 Å². The number of carbonyl (C=O) groups excluding carboxylic acids is 1. The fourth-order valence-electron chi connectivity index (χ4n) is 1.97. The number of aryl methyl sites for hydroxylation is 3. The number of nitrogens with zero attached hydrogens (tertiary/aromatic N) is 2. The van der Waals surface area contributed by atoms with Crippen LogP contribution in [-0.4, -0.2) is 15.9 Å². The largest absolute Gasteiger partial charge is 0.346 e. The Hall–Kier alpha value is -1.65. The average molecular weight is 324 g/mol. The van der Waals surface area contributed by atoms with Crippen LogP contribution in [0.1, 0.15) is 33.1 Å². The van der Waals surface area contributed by atoms with E-state index in [2.05, 4.69) is 15.3 Å². The van der Waals surface area contributed by atoms with Crippen LogP contribution in [-0.2, 0) is 6.54 Å². The summed E-state index contributed by atoms with van der Waals surface area (Å²) in [5.41, 5.74) is 2.81. The van der Waals surface area contributed by atoms with Crippen LogP contribution in [0.2, 0.25) is 10.0 Å². The van der Waals surface area contributed by atoms with Gasteiger partial charge >= 0.3 is 0 Å². The molecule has 2 rings (SSSR count). The van der Waals surface area contributed by atoms with E-state index in [1.54, 1.807) is 12.1 Å². The van der Waals surface area contributed by atoms with Crippen molar-refractivity contribution in [2.45, 2.75) is 27.3 Å². The van der Waals surface area contributed by atoms with Crippen LogP contribution in [0.4, 0.5) is 0 Å². The number of halogens is 2. The average Bonchev–Trinajstić information content (AvgIpc) is 2.41. The Bertz CT molecular complexity index is 681. The standard InChI is InChI=1S/C15H15Cl2N3O/c1-8-4-5-12(14(17)13(8)16)15(21)18-7-11-6-9(2)19-10(3)20-11/h4-6H,7H2,1-3H3,(H,18,21). The van der Waals surface area contributed by atoms with E-state index in [1.807, 2.05) is 26.8 Å². The van der Waals surface area contributed by atoms with Crippen molar-refractivity contribution >= 4 is 29.1 Å². The van der Waals surface area contributed by atoms with Gasteiger partial charge in [-0.1, -0.05) is 29.3 Å². The van der Waals surface area contributed by atoms with E-state index in [0.29, 0.717) is 23.0 Å². The summed E-state index contributed by atoms with van der Waals surface area (Å²) in [6, 6.07) is 5.26. The van der Waals surface area contributed by atoms with E-state index in [9.17, 15) is 4.79 Å². The summed E-state index contributed by atoms with van der Waals surface area (Å²) < 4.78 is 0. The van der Waals surface area contributed by atoms with E-state index in [0.717, 1.165) is 17.0 Å². The Morgan fingerprint density at radius 3 is 2.52 bits per heavy atom. The molecule has 0 aliphatic rings. The third-order valence-corrected chi connectivity index (χ3v) is 3.95. The lowest BCUT2D eigenvalue weighted by Crippen LogP contribution is -2.24. The van der Waals surface area contributed by atoms with E-state index >= 15 is 0 Å². The second kappa shape index (κ2) is 6.41. The minimum Gasteiger partial charge on any atom is -0.346 e. The van der Waals surface area contributed by atoms with Crippen molar-refractivity contribution in [3.05, 3.63) is 56.6 Å². The molecule has 0 saturated heterocycles. The zero-order valence-corrected chi connectivity index (χ0v) is 13.5. The molecule has 0 bridgehead atoms. The minimum atomic E-state index is -0.282. The molecule has 0 spiro atoms. The molecular formula is C15H15Cl2N3O. The molecular weight excluding hydrogens is 309 g/mol. The predicted octanol–water partition coefficient (Wildman–Crippen LogP) is 3.64. The summed E-state index contributed by atoms with van der Waals surface area (Å²) in [6.07, 6.45) is 0. The fraction of sp³-hybridized carbons (Fsp3) is 0.267. The number of carbonyl (C=O) groups is 1. The highest BCUT2D eigenvalue weighted by Crippen LogP contribution is 2.28. The molecule has 0 aliphatic heterocycles. The van der Waals surface area contributed by atoms with Crippen LogP contribution < -0.4 is 5.32 Å². The van der Waals surface area contributed by atoms with Crippen molar-refractivity contribution in [1.29, 1.82) is 0 Å². The van der Waals surface area contributed by atoms with Crippen LogP contribution in [0, 0.1) is 20.8 Å². The van der Waals surface area contributed by atoms with Gasteiger partial charge in [0.05, 0.1) is 27.8 Å². The topological polar surface area (TPSA) is 54.9 Å². The SMILES string of the molecule is Cc1cc(CNC(=O)c2ccc(C)c(Cl)c2Cl)nc(C)n1. The molecule has 4 nitrogen and oxygen atoms in total. The minimum absolute atomic E-state index is 0.268. The van der Waals surface area contributed by atoms with Gasteiger partial charge in [0.25, 0.3) is 5.91 Å². The molecule has 0 unspecified atom stereocenters.